The maximum Gasteiger partial charge on any atom is 0.353 e. The molecule has 1 aromatic rings. The lowest BCUT2D eigenvalue weighted by Crippen LogP contribution is -2.63. The van der Waals surface area contributed by atoms with Gasteiger partial charge in [0.15, 0.2) is 0 Å². The lowest BCUT2D eigenvalue weighted by atomic mass is 9.79. The van der Waals surface area contributed by atoms with Crippen molar-refractivity contribution < 1.29 is 24.5 Å². The van der Waals surface area contributed by atoms with Crippen molar-refractivity contribution in [2.75, 3.05) is 0 Å². The van der Waals surface area contributed by atoms with E-state index in [-0.39, 0.29) is 28.8 Å². The van der Waals surface area contributed by atoms with Gasteiger partial charge in [0.2, 0.25) is 12.2 Å². The SMILES string of the molecule is C[C@@H](O)C1C(=O)N2C(C(=O)O)=C(SC3Cn4cnc[n+]4C3)[C@H](C)C12. The summed E-state index contributed by atoms with van der Waals surface area (Å²) in [7, 11) is 0. The van der Waals surface area contributed by atoms with Crippen LogP contribution in [0.15, 0.2) is 23.3 Å². The summed E-state index contributed by atoms with van der Waals surface area (Å²) >= 11 is 1.54. The normalized spacial score (nSPS) is 32.6. The number of hydrogen-bond acceptors (Lipinski definition) is 5. The Morgan fingerprint density at radius 2 is 2.29 bits per heavy atom. The number of aliphatic hydroxyl groups is 1. The molecule has 2 N–H and O–H groups in total. The van der Waals surface area contributed by atoms with E-state index in [4.69, 9.17) is 0 Å². The Bertz CT molecular complexity index is 738. The molecule has 0 radical (unpaired) electrons. The van der Waals surface area contributed by atoms with Gasteiger partial charge in [0, 0.05) is 10.8 Å². The quantitative estimate of drug-likeness (QED) is 0.557. The second-order valence-corrected chi connectivity index (χ2v) is 7.98. The summed E-state index contributed by atoms with van der Waals surface area (Å²) < 4.78 is 3.99. The minimum atomic E-state index is -1.07. The summed E-state index contributed by atoms with van der Waals surface area (Å²) in [6, 6.07) is -0.249. The van der Waals surface area contributed by atoms with E-state index in [0.29, 0.717) is 0 Å². The van der Waals surface area contributed by atoms with E-state index in [1.807, 2.05) is 16.3 Å². The summed E-state index contributed by atoms with van der Waals surface area (Å²) in [5.74, 6) is -1.95. The third-order valence-electron chi connectivity index (χ3n) is 5.12. The monoisotopic (exact) mass is 351 g/mol. The molecule has 1 saturated heterocycles. The smallest absolute Gasteiger partial charge is 0.353 e. The van der Waals surface area contributed by atoms with Gasteiger partial charge >= 0.3 is 12.3 Å². The van der Waals surface area contributed by atoms with Crippen molar-refractivity contribution in [1.82, 2.24) is 14.6 Å². The van der Waals surface area contributed by atoms with Crippen molar-refractivity contribution in [2.24, 2.45) is 11.8 Å². The van der Waals surface area contributed by atoms with Crippen LogP contribution in [0.25, 0.3) is 0 Å². The molecule has 2 unspecified atom stereocenters. The molecular weight excluding hydrogens is 332 g/mol. The third-order valence-corrected chi connectivity index (χ3v) is 6.57. The zero-order valence-electron chi connectivity index (χ0n) is 13.4. The number of carboxylic acid groups (broad SMARTS) is 1. The fourth-order valence-electron chi connectivity index (χ4n) is 4.03. The van der Waals surface area contributed by atoms with Crippen molar-refractivity contribution in [3.05, 3.63) is 23.3 Å². The lowest BCUT2D eigenvalue weighted by molar-refractivity contribution is -0.758. The van der Waals surface area contributed by atoms with Gasteiger partial charge in [0.1, 0.15) is 12.2 Å². The fourth-order valence-corrected chi connectivity index (χ4v) is 5.49. The molecule has 128 valence electrons. The minimum absolute atomic E-state index is 0.0820. The zero-order valence-corrected chi connectivity index (χ0v) is 14.2. The average Bonchev–Trinajstić information content (AvgIpc) is 3.12. The Hall–Kier alpha value is -1.87. The number of β-lactam (4-membered cyclic amide) rings is 1. The highest BCUT2D eigenvalue weighted by Crippen LogP contribution is 2.51. The number of fused-ring (bicyclic) bond motifs is 2. The molecule has 1 aromatic heterocycles. The first kappa shape index (κ1) is 15.6. The average molecular weight is 351 g/mol. The first-order valence-corrected chi connectivity index (χ1v) is 8.83. The molecule has 0 aliphatic carbocycles. The van der Waals surface area contributed by atoms with Crippen LogP contribution >= 0.6 is 11.8 Å². The number of aliphatic hydroxyl groups excluding tert-OH is 1. The van der Waals surface area contributed by atoms with Crippen molar-refractivity contribution in [3.8, 4) is 0 Å². The molecule has 4 heterocycles. The molecule has 0 spiro atoms. The van der Waals surface area contributed by atoms with Crippen LogP contribution in [-0.2, 0) is 22.7 Å². The number of amides is 1. The van der Waals surface area contributed by atoms with E-state index in [0.717, 1.165) is 18.0 Å². The van der Waals surface area contributed by atoms with Gasteiger partial charge in [-0.25, -0.2) is 4.79 Å². The Labute approximate surface area is 142 Å². The Morgan fingerprint density at radius 3 is 2.92 bits per heavy atom. The van der Waals surface area contributed by atoms with Crippen molar-refractivity contribution in [1.29, 1.82) is 0 Å². The van der Waals surface area contributed by atoms with Crippen LogP contribution in [0.4, 0.5) is 0 Å². The van der Waals surface area contributed by atoms with Gasteiger partial charge in [0.05, 0.1) is 29.9 Å². The molecule has 0 bridgehead atoms. The van der Waals surface area contributed by atoms with Crippen LogP contribution in [0.2, 0.25) is 0 Å². The first-order chi connectivity index (χ1) is 11.4. The highest BCUT2D eigenvalue weighted by molar-refractivity contribution is 8.03. The van der Waals surface area contributed by atoms with E-state index in [2.05, 4.69) is 4.98 Å². The molecule has 3 aliphatic heterocycles. The van der Waals surface area contributed by atoms with Gasteiger partial charge in [-0.05, 0) is 11.9 Å². The number of nitrogens with zero attached hydrogens (tertiary/aromatic N) is 4. The molecule has 0 aromatic carbocycles. The maximum absolute atomic E-state index is 12.3. The largest absolute Gasteiger partial charge is 0.477 e. The lowest BCUT2D eigenvalue weighted by Gasteiger charge is -2.46. The Balaban J connectivity index is 1.61. The molecule has 1 fully saturated rings. The van der Waals surface area contributed by atoms with Crippen LogP contribution in [0.5, 0.6) is 0 Å². The van der Waals surface area contributed by atoms with Gasteiger partial charge < -0.3 is 15.1 Å². The first-order valence-electron chi connectivity index (χ1n) is 7.95. The van der Waals surface area contributed by atoms with E-state index in [9.17, 15) is 19.8 Å². The molecular formula is C15H19N4O4S+. The number of carboxylic acids is 1. The molecule has 0 saturated carbocycles. The van der Waals surface area contributed by atoms with Crippen LogP contribution in [-0.4, -0.2) is 54.1 Å². The maximum atomic E-state index is 12.3. The van der Waals surface area contributed by atoms with E-state index >= 15 is 0 Å². The number of aromatic nitrogens is 3. The van der Waals surface area contributed by atoms with Gasteiger partial charge in [-0.15, -0.1) is 11.8 Å². The molecule has 4 rings (SSSR count). The van der Waals surface area contributed by atoms with Crippen molar-refractivity contribution in [3.63, 3.8) is 0 Å². The number of hydrogen-bond donors (Lipinski definition) is 2. The second kappa shape index (κ2) is 5.32. The van der Waals surface area contributed by atoms with Gasteiger partial charge in [-0.2, -0.15) is 9.36 Å². The van der Waals surface area contributed by atoms with E-state index < -0.39 is 18.0 Å². The van der Waals surface area contributed by atoms with Crippen molar-refractivity contribution in [2.45, 2.75) is 44.3 Å². The topological polar surface area (TPSA) is 99.5 Å². The number of rotatable bonds is 4. The number of carbonyl (C=O) groups is 2. The van der Waals surface area contributed by atoms with Gasteiger partial charge in [-0.1, -0.05) is 6.92 Å². The molecule has 24 heavy (non-hydrogen) atoms. The molecule has 3 aliphatic rings. The summed E-state index contributed by atoms with van der Waals surface area (Å²) in [6.45, 7) is 5.05. The fraction of sp³-hybridized carbons (Fsp3) is 0.600. The van der Waals surface area contributed by atoms with Gasteiger partial charge in [0.25, 0.3) is 0 Å². The van der Waals surface area contributed by atoms with E-state index in [1.165, 1.54) is 16.7 Å². The Kier molecular flexibility index (Phi) is 3.47. The van der Waals surface area contributed by atoms with Crippen LogP contribution in [0.3, 0.4) is 0 Å². The van der Waals surface area contributed by atoms with Crippen molar-refractivity contribution >= 4 is 23.6 Å². The molecule has 4 atom stereocenters. The van der Waals surface area contributed by atoms with Crippen LogP contribution in [0.1, 0.15) is 13.8 Å². The van der Waals surface area contributed by atoms with Crippen LogP contribution in [0, 0.1) is 11.8 Å². The molecule has 1 amide bonds. The number of thioether (sulfide) groups is 1. The minimum Gasteiger partial charge on any atom is -0.477 e. The van der Waals surface area contributed by atoms with E-state index in [1.54, 1.807) is 19.6 Å². The molecule has 8 nitrogen and oxygen atoms in total. The van der Waals surface area contributed by atoms with Crippen LogP contribution < -0.4 is 4.68 Å². The number of carbonyl (C=O) groups excluding carboxylic acids is 1. The summed E-state index contributed by atoms with van der Waals surface area (Å²) in [5, 5.41) is 19.7. The Morgan fingerprint density at radius 1 is 1.54 bits per heavy atom. The summed E-state index contributed by atoms with van der Waals surface area (Å²) in [4.78, 5) is 30.3. The molecule has 9 heteroatoms. The van der Waals surface area contributed by atoms with Gasteiger partial charge in [-0.3, -0.25) is 4.79 Å². The standard InChI is InChI=1S/C15H18N4O4S/c1-7-11-10(8(2)20)14(21)19(11)12(15(22)23)13(7)24-9-3-17-5-16-6-18(17)4-9/h5-11,20H,3-4H2,1-2H3/p+1/t7-,8-,10?,11?/m1/s1. The highest BCUT2D eigenvalue weighted by Gasteiger charge is 2.60. The highest BCUT2D eigenvalue weighted by atomic mass is 32.2. The summed E-state index contributed by atoms with van der Waals surface area (Å²) in [5.41, 5.74) is 0.0964. The third kappa shape index (κ3) is 2.04. The number of aliphatic carboxylic acids is 1. The predicted molar refractivity (Wildman–Crippen MR) is 83.4 cm³/mol. The predicted octanol–water partition coefficient (Wildman–Crippen LogP) is -0.560. The summed E-state index contributed by atoms with van der Waals surface area (Å²) in [6.07, 6.45) is 2.74. The second-order valence-electron chi connectivity index (χ2n) is 6.64. The zero-order chi connectivity index (χ0) is 17.2.